The quantitative estimate of drug-likeness (QED) is 0.744. The maximum atomic E-state index is 6.10. The Kier molecular flexibility index (Phi) is 4.90. The summed E-state index contributed by atoms with van der Waals surface area (Å²) < 4.78 is 0. The number of halogens is 2. The van der Waals surface area contributed by atoms with Crippen LogP contribution < -0.4 is 4.90 Å². The van der Waals surface area contributed by atoms with Gasteiger partial charge in [-0.2, -0.15) is 0 Å². The lowest BCUT2D eigenvalue weighted by atomic mass is 10.1. The lowest BCUT2D eigenvalue weighted by Crippen LogP contribution is -2.49. The predicted molar refractivity (Wildman–Crippen MR) is 90.1 cm³/mol. The maximum Gasteiger partial charge on any atom is 0.0410 e. The van der Waals surface area contributed by atoms with E-state index < -0.39 is 0 Å². The predicted octanol–water partition coefficient (Wildman–Crippen LogP) is 4.30. The zero-order valence-corrected chi connectivity index (χ0v) is 14.2. The first-order valence-corrected chi connectivity index (χ1v) is 9.11. The van der Waals surface area contributed by atoms with Crippen LogP contribution >= 0.6 is 27.5 Å². The van der Waals surface area contributed by atoms with E-state index in [1.165, 1.54) is 50.0 Å². The van der Waals surface area contributed by atoms with Crippen molar-refractivity contribution in [2.45, 2.75) is 37.1 Å². The molecule has 2 fully saturated rings. The molecule has 3 rings (SSSR count). The van der Waals surface area contributed by atoms with Crippen LogP contribution in [0.15, 0.2) is 18.2 Å². The second-order valence-electron chi connectivity index (χ2n) is 5.87. The molecule has 1 aliphatic heterocycles. The molecule has 1 saturated heterocycles. The Morgan fingerprint density at radius 2 is 1.80 bits per heavy atom. The van der Waals surface area contributed by atoms with Crippen molar-refractivity contribution in [1.82, 2.24) is 4.90 Å². The van der Waals surface area contributed by atoms with Crippen LogP contribution in [0.25, 0.3) is 0 Å². The number of hydrogen-bond acceptors (Lipinski definition) is 2. The summed E-state index contributed by atoms with van der Waals surface area (Å²) in [4.78, 5) is 5.21. The van der Waals surface area contributed by atoms with Crippen LogP contribution in [-0.2, 0) is 5.33 Å². The van der Waals surface area contributed by atoms with Crippen molar-refractivity contribution in [1.29, 1.82) is 0 Å². The molecule has 1 aliphatic carbocycles. The molecule has 1 aromatic carbocycles. The fourth-order valence-electron chi connectivity index (χ4n) is 3.57. The summed E-state index contributed by atoms with van der Waals surface area (Å²) in [6.45, 7) is 4.68. The molecule has 2 aliphatic rings. The molecule has 0 spiro atoms. The van der Waals surface area contributed by atoms with Gasteiger partial charge in [-0.25, -0.2) is 0 Å². The number of alkyl halides is 1. The summed E-state index contributed by atoms with van der Waals surface area (Å²) in [5, 5.41) is 1.69. The fourth-order valence-corrected chi connectivity index (χ4v) is 4.21. The van der Waals surface area contributed by atoms with E-state index in [1.54, 1.807) is 0 Å². The Hall–Kier alpha value is -0.250. The van der Waals surface area contributed by atoms with E-state index in [-0.39, 0.29) is 0 Å². The van der Waals surface area contributed by atoms with E-state index in [1.807, 2.05) is 6.07 Å². The van der Waals surface area contributed by atoms with E-state index in [0.29, 0.717) is 0 Å². The molecule has 0 bridgehead atoms. The third-order valence-electron chi connectivity index (χ3n) is 4.68. The lowest BCUT2D eigenvalue weighted by Gasteiger charge is -2.39. The first-order valence-electron chi connectivity index (χ1n) is 7.61. The molecule has 4 heteroatoms. The first kappa shape index (κ1) is 14.7. The average Bonchev–Trinajstić information content (AvgIpc) is 3.01. The van der Waals surface area contributed by atoms with Gasteiger partial charge in [0, 0.05) is 48.3 Å². The molecule has 0 unspecified atom stereocenters. The Morgan fingerprint density at radius 1 is 1.10 bits per heavy atom. The fraction of sp³-hybridized carbons (Fsp3) is 0.625. The van der Waals surface area contributed by atoms with Gasteiger partial charge in [-0.1, -0.05) is 40.4 Å². The minimum absolute atomic E-state index is 0.827. The molecule has 0 aromatic heterocycles. The maximum absolute atomic E-state index is 6.10. The minimum Gasteiger partial charge on any atom is -0.369 e. The molecule has 0 N–H and O–H groups in total. The van der Waals surface area contributed by atoms with E-state index in [9.17, 15) is 0 Å². The van der Waals surface area contributed by atoms with Gasteiger partial charge < -0.3 is 4.90 Å². The van der Waals surface area contributed by atoms with Crippen molar-refractivity contribution in [2.24, 2.45) is 0 Å². The van der Waals surface area contributed by atoms with Gasteiger partial charge in [0.1, 0.15) is 0 Å². The molecular formula is C16H22BrClN2. The number of benzene rings is 1. The first-order chi connectivity index (χ1) is 9.78. The lowest BCUT2D eigenvalue weighted by molar-refractivity contribution is 0.187. The zero-order chi connectivity index (χ0) is 13.9. The molecule has 20 heavy (non-hydrogen) atoms. The van der Waals surface area contributed by atoms with Crippen molar-refractivity contribution < 1.29 is 0 Å². The second kappa shape index (κ2) is 6.67. The summed E-state index contributed by atoms with van der Waals surface area (Å²) in [6.07, 6.45) is 5.67. The zero-order valence-electron chi connectivity index (χ0n) is 11.8. The number of nitrogens with zero attached hydrogens (tertiary/aromatic N) is 2. The van der Waals surface area contributed by atoms with Crippen molar-refractivity contribution in [3.05, 3.63) is 28.8 Å². The molecule has 0 amide bonds. The van der Waals surface area contributed by atoms with Crippen molar-refractivity contribution in [3.63, 3.8) is 0 Å². The van der Waals surface area contributed by atoms with Gasteiger partial charge in [0.05, 0.1) is 0 Å². The van der Waals surface area contributed by atoms with Crippen LogP contribution in [0.4, 0.5) is 5.69 Å². The molecule has 0 radical (unpaired) electrons. The van der Waals surface area contributed by atoms with E-state index >= 15 is 0 Å². The topological polar surface area (TPSA) is 6.48 Å². The Morgan fingerprint density at radius 3 is 2.45 bits per heavy atom. The van der Waals surface area contributed by atoms with Crippen LogP contribution in [-0.4, -0.2) is 37.1 Å². The summed E-state index contributed by atoms with van der Waals surface area (Å²) >= 11 is 9.68. The third-order valence-corrected chi connectivity index (χ3v) is 5.52. The number of piperazine rings is 1. The molecule has 0 atom stereocenters. The standard InChI is InChI=1S/C16H22BrClN2/c17-12-13-11-14(18)5-6-16(13)20-9-7-19(8-10-20)15-3-1-2-4-15/h5-6,11,15H,1-4,7-10,12H2. The Labute approximate surface area is 135 Å². The average molecular weight is 358 g/mol. The summed E-state index contributed by atoms with van der Waals surface area (Å²) in [6, 6.07) is 7.11. The highest BCUT2D eigenvalue weighted by molar-refractivity contribution is 9.08. The SMILES string of the molecule is Clc1ccc(N2CCN(C3CCCC3)CC2)c(CBr)c1. The van der Waals surface area contributed by atoms with Gasteiger partial charge in [-0.15, -0.1) is 0 Å². The van der Waals surface area contributed by atoms with Crippen LogP contribution in [0, 0.1) is 0 Å². The monoisotopic (exact) mass is 356 g/mol. The molecule has 110 valence electrons. The van der Waals surface area contributed by atoms with Gasteiger partial charge in [0.15, 0.2) is 0 Å². The van der Waals surface area contributed by atoms with Crippen molar-refractivity contribution in [3.8, 4) is 0 Å². The van der Waals surface area contributed by atoms with Gasteiger partial charge in [-0.05, 0) is 36.6 Å². The second-order valence-corrected chi connectivity index (χ2v) is 6.87. The third kappa shape index (κ3) is 3.15. The van der Waals surface area contributed by atoms with Crippen LogP contribution in [0.3, 0.4) is 0 Å². The number of hydrogen-bond donors (Lipinski definition) is 0. The van der Waals surface area contributed by atoms with Gasteiger partial charge >= 0.3 is 0 Å². The summed E-state index contributed by atoms with van der Waals surface area (Å²) in [5.41, 5.74) is 2.64. The normalized spacial score (nSPS) is 21.6. The van der Waals surface area contributed by atoms with Gasteiger partial charge in [0.25, 0.3) is 0 Å². The smallest absolute Gasteiger partial charge is 0.0410 e. The highest BCUT2D eigenvalue weighted by Gasteiger charge is 2.26. The van der Waals surface area contributed by atoms with Crippen LogP contribution in [0.1, 0.15) is 31.2 Å². The van der Waals surface area contributed by atoms with Gasteiger partial charge in [-0.3, -0.25) is 4.90 Å². The molecular weight excluding hydrogens is 336 g/mol. The van der Waals surface area contributed by atoms with E-state index in [2.05, 4.69) is 37.9 Å². The molecule has 2 nitrogen and oxygen atoms in total. The highest BCUT2D eigenvalue weighted by Crippen LogP contribution is 2.29. The number of anilines is 1. The Bertz CT molecular complexity index is 452. The summed E-state index contributed by atoms with van der Waals surface area (Å²) in [7, 11) is 0. The highest BCUT2D eigenvalue weighted by atomic mass is 79.9. The van der Waals surface area contributed by atoms with Crippen LogP contribution in [0.5, 0.6) is 0 Å². The van der Waals surface area contributed by atoms with E-state index in [0.717, 1.165) is 29.5 Å². The summed E-state index contributed by atoms with van der Waals surface area (Å²) in [5.74, 6) is 0. The van der Waals surface area contributed by atoms with Crippen molar-refractivity contribution in [2.75, 3.05) is 31.1 Å². The number of rotatable bonds is 3. The van der Waals surface area contributed by atoms with Gasteiger partial charge in [0.2, 0.25) is 0 Å². The molecule has 1 saturated carbocycles. The Balaban J connectivity index is 1.65. The molecule has 1 heterocycles. The largest absolute Gasteiger partial charge is 0.369 e. The van der Waals surface area contributed by atoms with Crippen molar-refractivity contribution >= 4 is 33.2 Å². The minimum atomic E-state index is 0.827. The van der Waals surface area contributed by atoms with Crippen LogP contribution in [0.2, 0.25) is 5.02 Å². The molecule has 1 aromatic rings. The van der Waals surface area contributed by atoms with E-state index in [4.69, 9.17) is 11.6 Å².